The average molecular weight is 197 g/mol. The third kappa shape index (κ3) is 1.30. The highest BCUT2D eigenvalue weighted by molar-refractivity contribution is 7.13. The van der Waals surface area contributed by atoms with Crippen LogP contribution in [0.2, 0.25) is 0 Å². The van der Waals surface area contributed by atoms with Crippen molar-refractivity contribution in [1.29, 1.82) is 0 Å². The minimum atomic E-state index is -0.175. The number of ether oxygens (including phenoxy) is 1. The number of nitrogens with zero attached hydrogens (tertiary/aromatic N) is 1. The van der Waals surface area contributed by atoms with E-state index in [1.54, 1.807) is 13.3 Å². The predicted octanol–water partition coefficient (Wildman–Crippen LogP) is 1.98. The Bertz CT molecular complexity index is 312. The van der Waals surface area contributed by atoms with Crippen LogP contribution in [0.1, 0.15) is 33.9 Å². The zero-order valence-electron chi connectivity index (χ0n) is 7.45. The van der Waals surface area contributed by atoms with Gasteiger partial charge in [0.15, 0.2) is 6.29 Å². The van der Waals surface area contributed by atoms with Gasteiger partial charge in [-0.15, -0.1) is 11.3 Å². The lowest BCUT2D eigenvalue weighted by Gasteiger charge is -2.38. The molecule has 0 atom stereocenters. The van der Waals surface area contributed by atoms with Gasteiger partial charge in [0, 0.05) is 13.3 Å². The van der Waals surface area contributed by atoms with E-state index in [1.807, 2.05) is 0 Å². The van der Waals surface area contributed by atoms with Gasteiger partial charge in [-0.25, -0.2) is 4.98 Å². The second-order valence-electron chi connectivity index (χ2n) is 3.24. The van der Waals surface area contributed by atoms with E-state index in [2.05, 4.69) is 4.98 Å². The summed E-state index contributed by atoms with van der Waals surface area (Å²) in [6, 6.07) is 0. The number of carbonyl (C=O) groups excluding carboxylic acids is 1. The lowest BCUT2D eigenvalue weighted by atomic mass is 9.80. The van der Waals surface area contributed by atoms with Crippen LogP contribution in [0.4, 0.5) is 0 Å². The smallest absolute Gasteiger partial charge is 0.161 e. The van der Waals surface area contributed by atoms with Crippen LogP contribution in [0.15, 0.2) is 6.20 Å². The Kier molecular flexibility index (Phi) is 2.17. The molecule has 2 rings (SSSR count). The van der Waals surface area contributed by atoms with Crippen LogP contribution in [0.3, 0.4) is 0 Å². The molecule has 0 aromatic carbocycles. The Labute approximate surface area is 80.8 Å². The maximum absolute atomic E-state index is 10.5. The highest BCUT2D eigenvalue weighted by atomic mass is 32.1. The Hall–Kier alpha value is -0.740. The van der Waals surface area contributed by atoms with Gasteiger partial charge in [-0.05, 0) is 19.3 Å². The van der Waals surface area contributed by atoms with Crippen LogP contribution in [-0.4, -0.2) is 18.4 Å². The second-order valence-corrected chi connectivity index (χ2v) is 4.30. The van der Waals surface area contributed by atoms with Crippen molar-refractivity contribution in [3.05, 3.63) is 16.1 Å². The maximum Gasteiger partial charge on any atom is 0.161 e. The Balaban J connectivity index is 2.27. The van der Waals surface area contributed by atoms with E-state index in [1.165, 1.54) is 17.8 Å². The summed E-state index contributed by atoms with van der Waals surface area (Å²) in [5, 5.41) is 0.948. The molecular weight excluding hydrogens is 186 g/mol. The van der Waals surface area contributed by atoms with E-state index in [-0.39, 0.29) is 5.60 Å². The Morgan fingerprint density at radius 3 is 2.85 bits per heavy atom. The van der Waals surface area contributed by atoms with Gasteiger partial charge in [0.05, 0.1) is 4.88 Å². The molecular formula is C9H11NO2S. The predicted molar refractivity (Wildman–Crippen MR) is 50.0 cm³/mol. The molecule has 1 heterocycles. The van der Waals surface area contributed by atoms with Gasteiger partial charge < -0.3 is 4.74 Å². The van der Waals surface area contributed by atoms with E-state index in [0.717, 1.165) is 24.1 Å². The molecule has 0 bridgehead atoms. The van der Waals surface area contributed by atoms with Gasteiger partial charge in [0.25, 0.3) is 0 Å². The van der Waals surface area contributed by atoms with Crippen LogP contribution in [0.25, 0.3) is 0 Å². The van der Waals surface area contributed by atoms with E-state index in [4.69, 9.17) is 4.74 Å². The molecule has 4 heteroatoms. The number of rotatable bonds is 3. The van der Waals surface area contributed by atoms with Crippen LogP contribution in [0, 0.1) is 0 Å². The fourth-order valence-corrected chi connectivity index (χ4v) is 2.51. The zero-order chi connectivity index (χ0) is 9.31. The Morgan fingerprint density at radius 2 is 2.46 bits per heavy atom. The van der Waals surface area contributed by atoms with Crippen molar-refractivity contribution in [2.24, 2.45) is 0 Å². The molecule has 0 amide bonds. The molecule has 0 unspecified atom stereocenters. The van der Waals surface area contributed by atoms with E-state index >= 15 is 0 Å². The summed E-state index contributed by atoms with van der Waals surface area (Å²) in [7, 11) is 1.71. The number of thiazole rings is 1. The molecule has 1 aliphatic carbocycles. The summed E-state index contributed by atoms with van der Waals surface area (Å²) in [6.45, 7) is 0. The number of hydrogen-bond acceptors (Lipinski definition) is 4. The van der Waals surface area contributed by atoms with Crippen molar-refractivity contribution in [2.75, 3.05) is 7.11 Å². The van der Waals surface area contributed by atoms with Gasteiger partial charge in [-0.1, -0.05) is 0 Å². The molecule has 0 saturated heterocycles. The van der Waals surface area contributed by atoms with Crippen LogP contribution < -0.4 is 0 Å². The largest absolute Gasteiger partial charge is 0.371 e. The van der Waals surface area contributed by atoms with Crippen LogP contribution >= 0.6 is 11.3 Å². The molecule has 1 aromatic heterocycles. The van der Waals surface area contributed by atoms with Crippen molar-refractivity contribution in [1.82, 2.24) is 4.98 Å². The standard InChI is InChI=1S/C9H11NO2S/c1-12-9(3-2-4-9)8-10-5-7(6-11)13-8/h5-6H,2-4H2,1H3. The molecule has 70 valence electrons. The quantitative estimate of drug-likeness (QED) is 0.695. The summed E-state index contributed by atoms with van der Waals surface area (Å²) in [5.41, 5.74) is -0.175. The van der Waals surface area contributed by atoms with Gasteiger partial charge in [0.2, 0.25) is 0 Å². The van der Waals surface area contributed by atoms with Crippen molar-refractivity contribution in [2.45, 2.75) is 24.9 Å². The fourth-order valence-electron chi connectivity index (χ4n) is 1.55. The van der Waals surface area contributed by atoms with Gasteiger partial charge in [-0.3, -0.25) is 4.79 Å². The molecule has 1 fully saturated rings. The summed E-state index contributed by atoms with van der Waals surface area (Å²) >= 11 is 1.44. The van der Waals surface area contributed by atoms with E-state index < -0.39 is 0 Å². The number of carbonyl (C=O) groups is 1. The molecule has 0 spiro atoms. The first-order valence-electron chi connectivity index (χ1n) is 4.27. The topological polar surface area (TPSA) is 39.2 Å². The minimum Gasteiger partial charge on any atom is -0.371 e. The number of methoxy groups -OCH3 is 1. The molecule has 1 aliphatic rings. The lowest BCUT2D eigenvalue weighted by Crippen LogP contribution is -2.35. The summed E-state index contributed by atoms with van der Waals surface area (Å²) in [6.07, 6.45) is 5.68. The van der Waals surface area contributed by atoms with Gasteiger partial charge in [0.1, 0.15) is 10.6 Å². The SMILES string of the molecule is COC1(c2ncc(C=O)s2)CCC1. The van der Waals surface area contributed by atoms with Crippen molar-refractivity contribution in [3.8, 4) is 0 Å². The lowest BCUT2D eigenvalue weighted by molar-refractivity contribution is -0.0779. The first kappa shape index (κ1) is 8.84. The van der Waals surface area contributed by atoms with Crippen LogP contribution in [0.5, 0.6) is 0 Å². The van der Waals surface area contributed by atoms with Crippen molar-refractivity contribution in [3.63, 3.8) is 0 Å². The zero-order valence-corrected chi connectivity index (χ0v) is 8.26. The van der Waals surface area contributed by atoms with Crippen LogP contribution in [-0.2, 0) is 10.3 Å². The minimum absolute atomic E-state index is 0.175. The molecule has 13 heavy (non-hydrogen) atoms. The summed E-state index contributed by atoms with van der Waals surface area (Å²) < 4.78 is 5.45. The van der Waals surface area contributed by atoms with Crippen molar-refractivity contribution < 1.29 is 9.53 Å². The fraction of sp³-hybridized carbons (Fsp3) is 0.556. The number of aromatic nitrogens is 1. The highest BCUT2D eigenvalue weighted by Crippen LogP contribution is 2.45. The third-order valence-electron chi connectivity index (χ3n) is 2.58. The van der Waals surface area contributed by atoms with E-state index in [0.29, 0.717) is 4.88 Å². The Morgan fingerprint density at radius 1 is 1.69 bits per heavy atom. The highest BCUT2D eigenvalue weighted by Gasteiger charge is 2.41. The molecule has 1 aromatic rings. The average Bonchev–Trinajstić information content (AvgIpc) is 2.52. The molecule has 0 radical (unpaired) electrons. The van der Waals surface area contributed by atoms with E-state index in [9.17, 15) is 4.79 Å². The molecule has 1 saturated carbocycles. The van der Waals surface area contributed by atoms with Gasteiger partial charge >= 0.3 is 0 Å². The van der Waals surface area contributed by atoms with Gasteiger partial charge in [-0.2, -0.15) is 0 Å². The third-order valence-corrected chi connectivity index (χ3v) is 3.69. The number of hydrogen-bond donors (Lipinski definition) is 0. The molecule has 0 N–H and O–H groups in total. The second kappa shape index (κ2) is 3.20. The molecule has 3 nitrogen and oxygen atoms in total. The first-order chi connectivity index (χ1) is 6.30. The summed E-state index contributed by atoms with van der Waals surface area (Å²) in [5.74, 6) is 0. The van der Waals surface area contributed by atoms with Crippen molar-refractivity contribution >= 4 is 17.6 Å². The molecule has 0 aliphatic heterocycles. The summed E-state index contributed by atoms with van der Waals surface area (Å²) in [4.78, 5) is 15.4. The number of aldehydes is 1. The normalized spacial score (nSPS) is 19.5. The first-order valence-corrected chi connectivity index (χ1v) is 5.09. The maximum atomic E-state index is 10.5. The monoisotopic (exact) mass is 197 g/mol.